The van der Waals surface area contributed by atoms with Crippen molar-refractivity contribution in [1.82, 2.24) is 9.88 Å². The molecule has 0 aromatic carbocycles. The number of hydrogen-bond acceptors (Lipinski definition) is 5. The van der Waals surface area contributed by atoms with Gasteiger partial charge in [-0.2, -0.15) is 0 Å². The van der Waals surface area contributed by atoms with E-state index in [1.807, 2.05) is 0 Å². The lowest BCUT2D eigenvalue weighted by atomic mass is 9.83. The first-order valence-corrected chi connectivity index (χ1v) is 7.92. The Balaban J connectivity index is 2.19. The molecular formula is C17H24N2O5. The minimum atomic E-state index is -0.874. The fourth-order valence-electron chi connectivity index (χ4n) is 2.77. The molecule has 1 aliphatic heterocycles. The van der Waals surface area contributed by atoms with Gasteiger partial charge in [-0.05, 0) is 39.3 Å². The van der Waals surface area contributed by atoms with Gasteiger partial charge in [-0.15, -0.1) is 0 Å². The van der Waals surface area contributed by atoms with E-state index in [1.165, 1.54) is 0 Å². The van der Waals surface area contributed by atoms with Gasteiger partial charge in [0.2, 0.25) is 0 Å². The van der Waals surface area contributed by atoms with Gasteiger partial charge in [-0.1, -0.05) is 0 Å². The molecule has 7 nitrogen and oxygen atoms in total. The Bertz CT molecular complexity index is 594. The van der Waals surface area contributed by atoms with Crippen molar-refractivity contribution in [2.24, 2.45) is 5.92 Å². The highest BCUT2D eigenvalue weighted by molar-refractivity contribution is 5.73. The number of carboxylic acids is 1. The van der Waals surface area contributed by atoms with Crippen LogP contribution in [0.2, 0.25) is 0 Å². The van der Waals surface area contributed by atoms with Crippen molar-refractivity contribution in [3.63, 3.8) is 0 Å². The minimum absolute atomic E-state index is 0.269. The number of aliphatic carboxylic acids is 1. The van der Waals surface area contributed by atoms with Gasteiger partial charge in [0.1, 0.15) is 11.4 Å². The lowest BCUT2D eigenvalue weighted by molar-refractivity contribution is -0.144. The number of piperidine rings is 1. The van der Waals surface area contributed by atoms with Crippen LogP contribution >= 0.6 is 0 Å². The monoisotopic (exact) mass is 336 g/mol. The van der Waals surface area contributed by atoms with Gasteiger partial charge in [-0.3, -0.25) is 9.78 Å². The molecule has 1 aliphatic rings. The number of aromatic nitrogens is 1. The fourth-order valence-corrected chi connectivity index (χ4v) is 2.77. The first kappa shape index (κ1) is 18.0. The van der Waals surface area contributed by atoms with Crippen LogP contribution in [0.1, 0.15) is 38.8 Å². The molecule has 7 heteroatoms. The number of likely N-dealkylation sites (tertiary alicyclic amines) is 1. The van der Waals surface area contributed by atoms with Gasteiger partial charge in [0.05, 0.1) is 19.2 Å². The molecule has 132 valence electrons. The van der Waals surface area contributed by atoms with E-state index in [-0.39, 0.29) is 12.5 Å². The van der Waals surface area contributed by atoms with Gasteiger partial charge >= 0.3 is 12.1 Å². The summed E-state index contributed by atoms with van der Waals surface area (Å²) < 4.78 is 10.5. The topological polar surface area (TPSA) is 89.0 Å². The molecule has 1 aromatic rings. The smallest absolute Gasteiger partial charge is 0.410 e. The quantitative estimate of drug-likeness (QED) is 0.912. The summed E-state index contributed by atoms with van der Waals surface area (Å²) in [6.07, 6.45) is 1.50. The molecule has 0 spiro atoms. The molecule has 1 aromatic heterocycles. The van der Waals surface area contributed by atoms with Gasteiger partial charge in [0.25, 0.3) is 0 Å². The molecule has 0 saturated carbocycles. The van der Waals surface area contributed by atoms with E-state index in [0.29, 0.717) is 24.4 Å². The van der Waals surface area contributed by atoms with Gasteiger partial charge in [0, 0.05) is 24.7 Å². The van der Waals surface area contributed by atoms with Crippen LogP contribution in [0.4, 0.5) is 4.79 Å². The van der Waals surface area contributed by atoms with E-state index in [0.717, 1.165) is 0 Å². The number of ether oxygens (including phenoxy) is 2. The molecule has 2 atom stereocenters. The molecule has 24 heavy (non-hydrogen) atoms. The predicted octanol–water partition coefficient (Wildman–Crippen LogP) is 2.52. The van der Waals surface area contributed by atoms with Crippen molar-refractivity contribution in [3.8, 4) is 5.75 Å². The normalized spacial score (nSPS) is 21.2. The van der Waals surface area contributed by atoms with E-state index in [4.69, 9.17) is 9.47 Å². The number of amides is 1. The largest absolute Gasteiger partial charge is 0.495 e. The molecule has 1 fully saturated rings. The van der Waals surface area contributed by atoms with E-state index in [2.05, 4.69) is 4.98 Å². The maximum Gasteiger partial charge on any atom is 0.410 e. The van der Waals surface area contributed by atoms with Crippen LogP contribution in [-0.4, -0.2) is 52.9 Å². The summed E-state index contributed by atoms with van der Waals surface area (Å²) in [6, 6.07) is 3.49. The average molecular weight is 336 g/mol. The van der Waals surface area contributed by atoms with Crippen LogP contribution in [0.25, 0.3) is 0 Å². The second-order valence-electron chi connectivity index (χ2n) is 6.89. The summed E-state index contributed by atoms with van der Waals surface area (Å²) in [4.78, 5) is 29.7. The summed E-state index contributed by atoms with van der Waals surface area (Å²) in [5, 5.41) is 9.49. The van der Waals surface area contributed by atoms with Crippen LogP contribution in [0.3, 0.4) is 0 Å². The lowest BCUT2D eigenvalue weighted by Gasteiger charge is -2.37. The highest BCUT2D eigenvalue weighted by atomic mass is 16.6. The molecule has 1 amide bonds. The maximum absolute atomic E-state index is 12.3. The number of hydrogen-bond donors (Lipinski definition) is 1. The van der Waals surface area contributed by atoms with Crippen molar-refractivity contribution < 1.29 is 24.2 Å². The second kappa shape index (κ2) is 7.07. The zero-order chi connectivity index (χ0) is 17.9. The maximum atomic E-state index is 12.3. The van der Waals surface area contributed by atoms with Crippen molar-refractivity contribution in [2.75, 3.05) is 20.2 Å². The molecule has 0 radical (unpaired) electrons. The van der Waals surface area contributed by atoms with Crippen LogP contribution < -0.4 is 4.74 Å². The summed E-state index contributed by atoms with van der Waals surface area (Å²) in [7, 11) is 1.54. The third kappa shape index (κ3) is 4.37. The minimum Gasteiger partial charge on any atom is -0.495 e. The first-order valence-electron chi connectivity index (χ1n) is 7.92. The molecule has 2 heterocycles. The van der Waals surface area contributed by atoms with Crippen LogP contribution in [0.15, 0.2) is 18.3 Å². The summed E-state index contributed by atoms with van der Waals surface area (Å²) in [5.41, 5.74) is 0.0469. The van der Waals surface area contributed by atoms with Crippen molar-refractivity contribution in [1.29, 1.82) is 0 Å². The standard InChI is InChI=1S/C17H24N2O5/c1-17(2,3)24-16(22)19-8-7-12(15(20)21)13(10-19)14-6-5-11(23-4)9-18-14/h5-6,9,12-13H,7-8,10H2,1-4H3,(H,20,21)/t12-,13-/m0/s1. The van der Waals surface area contributed by atoms with Crippen molar-refractivity contribution in [2.45, 2.75) is 38.7 Å². The molecule has 1 saturated heterocycles. The van der Waals surface area contributed by atoms with Crippen molar-refractivity contribution >= 4 is 12.1 Å². The Kier molecular flexibility index (Phi) is 5.31. The molecule has 0 bridgehead atoms. The Morgan fingerprint density at radius 2 is 2.04 bits per heavy atom. The molecule has 0 unspecified atom stereocenters. The van der Waals surface area contributed by atoms with Crippen LogP contribution in [-0.2, 0) is 9.53 Å². The number of nitrogens with zero attached hydrogens (tertiary/aromatic N) is 2. The number of carbonyl (C=O) groups is 2. The van der Waals surface area contributed by atoms with Crippen LogP contribution in [0, 0.1) is 5.92 Å². The Morgan fingerprint density at radius 3 is 2.54 bits per heavy atom. The van der Waals surface area contributed by atoms with Crippen molar-refractivity contribution in [3.05, 3.63) is 24.0 Å². The SMILES string of the molecule is COc1ccc([C@H]2CN(C(=O)OC(C)(C)C)CC[C@@H]2C(=O)O)nc1. The molecule has 0 aliphatic carbocycles. The Labute approximate surface area is 141 Å². The number of pyridine rings is 1. The Hall–Kier alpha value is -2.31. The predicted molar refractivity (Wildman–Crippen MR) is 87.1 cm³/mol. The van der Waals surface area contributed by atoms with Gasteiger partial charge in [0.15, 0.2) is 0 Å². The Morgan fingerprint density at radius 1 is 1.33 bits per heavy atom. The molecule has 2 rings (SSSR count). The van der Waals surface area contributed by atoms with Gasteiger partial charge in [-0.25, -0.2) is 4.79 Å². The summed E-state index contributed by atoms with van der Waals surface area (Å²) >= 11 is 0. The number of carbonyl (C=O) groups excluding carboxylic acids is 1. The third-order valence-corrected chi connectivity index (χ3v) is 3.96. The number of rotatable bonds is 3. The van der Waals surface area contributed by atoms with Crippen LogP contribution in [0.5, 0.6) is 5.75 Å². The lowest BCUT2D eigenvalue weighted by Crippen LogP contribution is -2.46. The number of carboxylic acid groups (broad SMARTS) is 1. The van der Waals surface area contributed by atoms with E-state index >= 15 is 0 Å². The zero-order valence-electron chi connectivity index (χ0n) is 14.5. The fraction of sp³-hybridized carbons (Fsp3) is 0.588. The van der Waals surface area contributed by atoms with E-state index in [1.54, 1.807) is 51.1 Å². The summed E-state index contributed by atoms with van der Waals surface area (Å²) in [5.74, 6) is -1.23. The highest BCUT2D eigenvalue weighted by Crippen LogP contribution is 2.33. The molecular weight excluding hydrogens is 312 g/mol. The highest BCUT2D eigenvalue weighted by Gasteiger charge is 2.38. The van der Waals surface area contributed by atoms with E-state index in [9.17, 15) is 14.7 Å². The third-order valence-electron chi connectivity index (χ3n) is 3.96. The second-order valence-corrected chi connectivity index (χ2v) is 6.89. The summed E-state index contributed by atoms with van der Waals surface area (Å²) in [6.45, 7) is 6.04. The zero-order valence-corrected chi connectivity index (χ0v) is 14.5. The molecule has 1 N–H and O–H groups in total. The van der Waals surface area contributed by atoms with Gasteiger partial charge < -0.3 is 19.5 Å². The number of methoxy groups -OCH3 is 1. The first-order chi connectivity index (χ1) is 11.2. The average Bonchev–Trinajstić information content (AvgIpc) is 2.52. The van der Waals surface area contributed by atoms with E-state index < -0.39 is 23.6 Å².